The summed E-state index contributed by atoms with van der Waals surface area (Å²) in [7, 11) is -1.87. The molecular weight excluding hydrogens is 256 g/mol. The van der Waals surface area contributed by atoms with E-state index in [9.17, 15) is 13.2 Å². The van der Waals surface area contributed by atoms with Crippen LogP contribution in [-0.2, 0) is 21.9 Å². The summed E-state index contributed by atoms with van der Waals surface area (Å²) < 4.78 is 27.2. The van der Waals surface area contributed by atoms with Crippen molar-refractivity contribution in [3.63, 3.8) is 0 Å². The second-order valence-corrected chi connectivity index (χ2v) is 6.12. The molecule has 0 N–H and O–H groups in total. The molecule has 0 radical (unpaired) electrons. The molecule has 1 aliphatic rings. The Kier molecular flexibility index (Phi) is 3.40. The van der Waals surface area contributed by atoms with Crippen molar-refractivity contribution in [2.75, 3.05) is 19.8 Å². The molecule has 0 saturated carbocycles. The number of aryl methyl sites for hydroxylation is 1. The fraction of sp³-hybridized carbons (Fsp3) is 0.600. The molecule has 1 aliphatic heterocycles. The van der Waals surface area contributed by atoms with E-state index in [0.29, 0.717) is 19.5 Å². The highest BCUT2D eigenvalue weighted by atomic mass is 32.2. The lowest BCUT2D eigenvalue weighted by Crippen LogP contribution is -2.33. The van der Waals surface area contributed by atoms with E-state index in [-0.39, 0.29) is 17.5 Å². The van der Waals surface area contributed by atoms with E-state index in [1.807, 2.05) is 0 Å². The molecule has 0 bridgehead atoms. The van der Waals surface area contributed by atoms with Gasteiger partial charge in [-0.15, -0.1) is 0 Å². The summed E-state index contributed by atoms with van der Waals surface area (Å²) in [5.41, 5.74) is 0. The van der Waals surface area contributed by atoms with Crippen LogP contribution in [0, 0.1) is 0 Å². The Morgan fingerprint density at radius 2 is 2.17 bits per heavy atom. The van der Waals surface area contributed by atoms with Crippen molar-refractivity contribution in [1.29, 1.82) is 0 Å². The van der Waals surface area contributed by atoms with Crippen LogP contribution in [0.2, 0.25) is 0 Å². The average Bonchev–Trinajstić information content (AvgIpc) is 2.96. The van der Waals surface area contributed by atoms with Crippen molar-refractivity contribution in [2.45, 2.75) is 18.2 Å². The summed E-state index contributed by atoms with van der Waals surface area (Å²) in [6.07, 6.45) is 3.17. The lowest BCUT2D eigenvalue weighted by Gasteiger charge is -2.17. The quantitative estimate of drug-likeness (QED) is 0.751. The minimum Gasteiger partial charge on any atom is -0.327 e. The maximum Gasteiger partial charge on any atom is 0.247 e. The Balaban J connectivity index is 2.16. The molecule has 0 spiro atoms. The van der Waals surface area contributed by atoms with Crippen molar-refractivity contribution in [3.8, 4) is 0 Å². The van der Waals surface area contributed by atoms with Gasteiger partial charge in [-0.1, -0.05) is 6.92 Å². The average molecular weight is 272 g/mol. The predicted molar refractivity (Wildman–Crippen MR) is 64.0 cm³/mol. The number of rotatable bonds is 3. The van der Waals surface area contributed by atoms with E-state index in [2.05, 4.69) is 5.10 Å². The first-order chi connectivity index (χ1) is 8.45. The summed E-state index contributed by atoms with van der Waals surface area (Å²) in [6.45, 7) is 2.68. The van der Waals surface area contributed by atoms with E-state index in [4.69, 9.17) is 0 Å². The molecule has 0 atom stereocenters. The van der Waals surface area contributed by atoms with Crippen LogP contribution in [-0.4, -0.2) is 53.1 Å². The number of hydrogen-bond donors (Lipinski definition) is 0. The first-order valence-corrected chi connectivity index (χ1v) is 7.15. The van der Waals surface area contributed by atoms with Gasteiger partial charge in [-0.3, -0.25) is 9.48 Å². The molecule has 1 amide bonds. The third kappa shape index (κ3) is 2.25. The second-order valence-electron chi connectivity index (χ2n) is 4.18. The van der Waals surface area contributed by atoms with Gasteiger partial charge in [-0.05, 0) is 0 Å². The second kappa shape index (κ2) is 4.69. The van der Waals surface area contributed by atoms with Crippen molar-refractivity contribution in [3.05, 3.63) is 12.4 Å². The van der Waals surface area contributed by atoms with Gasteiger partial charge in [0.1, 0.15) is 4.90 Å². The Hall–Kier alpha value is -1.41. The van der Waals surface area contributed by atoms with Gasteiger partial charge in [-0.25, -0.2) is 8.42 Å². The highest BCUT2D eigenvalue weighted by Gasteiger charge is 2.33. The van der Waals surface area contributed by atoms with E-state index in [0.717, 1.165) is 0 Å². The largest absolute Gasteiger partial charge is 0.327 e. The molecule has 0 aromatic carbocycles. The van der Waals surface area contributed by atoms with Gasteiger partial charge in [-0.2, -0.15) is 9.40 Å². The van der Waals surface area contributed by atoms with E-state index in [1.54, 1.807) is 18.9 Å². The van der Waals surface area contributed by atoms with Crippen LogP contribution in [0.1, 0.15) is 13.3 Å². The first-order valence-electron chi connectivity index (χ1n) is 5.71. The Morgan fingerprint density at radius 1 is 1.44 bits per heavy atom. The lowest BCUT2D eigenvalue weighted by atomic mass is 10.4. The molecule has 7 nitrogen and oxygen atoms in total. The number of carbonyl (C=O) groups is 1. The molecule has 0 unspecified atom stereocenters. The summed E-state index contributed by atoms with van der Waals surface area (Å²) in [6, 6.07) is 0. The van der Waals surface area contributed by atoms with Crippen LogP contribution in [0.5, 0.6) is 0 Å². The molecule has 1 aromatic rings. The molecule has 1 aromatic heterocycles. The number of nitrogens with zero attached hydrogens (tertiary/aromatic N) is 4. The first kappa shape index (κ1) is 13.0. The molecule has 1 saturated heterocycles. The highest BCUT2D eigenvalue weighted by Crippen LogP contribution is 2.18. The highest BCUT2D eigenvalue weighted by molar-refractivity contribution is 7.89. The Morgan fingerprint density at radius 3 is 2.72 bits per heavy atom. The van der Waals surface area contributed by atoms with Crippen molar-refractivity contribution in [2.24, 2.45) is 7.05 Å². The molecule has 2 rings (SSSR count). The summed E-state index contributed by atoms with van der Waals surface area (Å²) in [5.74, 6) is -0.0288. The zero-order valence-corrected chi connectivity index (χ0v) is 11.2. The van der Waals surface area contributed by atoms with Crippen LogP contribution < -0.4 is 0 Å². The van der Waals surface area contributed by atoms with Gasteiger partial charge in [0, 0.05) is 32.8 Å². The molecule has 18 heavy (non-hydrogen) atoms. The Labute approximate surface area is 106 Å². The topological polar surface area (TPSA) is 75.5 Å². The molecule has 1 fully saturated rings. The maximum absolute atomic E-state index is 12.2. The van der Waals surface area contributed by atoms with Gasteiger partial charge in [0.15, 0.2) is 0 Å². The number of hydrogen-bond acceptors (Lipinski definition) is 4. The lowest BCUT2D eigenvalue weighted by molar-refractivity contribution is -0.130. The number of aromatic nitrogens is 2. The molecule has 2 heterocycles. The third-order valence-electron chi connectivity index (χ3n) is 2.92. The fourth-order valence-corrected chi connectivity index (χ4v) is 3.25. The summed E-state index contributed by atoms with van der Waals surface area (Å²) in [4.78, 5) is 13.2. The van der Waals surface area contributed by atoms with Crippen LogP contribution in [0.3, 0.4) is 0 Å². The van der Waals surface area contributed by atoms with E-state index < -0.39 is 10.0 Å². The minimum atomic E-state index is -3.54. The van der Waals surface area contributed by atoms with E-state index in [1.165, 1.54) is 21.4 Å². The molecule has 100 valence electrons. The van der Waals surface area contributed by atoms with Gasteiger partial charge >= 0.3 is 0 Å². The number of sulfonamides is 1. The number of amides is 1. The van der Waals surface area contributed by atoms with E-state index >= 15 is 0 Å². The number of carbonyl (C=O) groups excluding carboxylic acids is 1. The molecule has 0 aliphatic carbocycles. The maximum atomic E-state index is 12.2. The monoisotopic (exact) mass is 272 g/mol. The predicted octanol–water partition coefficient (Wildman–Crippen LogP) is -0.379. The fourth-order valence-electron chi connectivity index (χ4n) is 1.87. The Bertz CT molecular complexity index is 551. The standard InChI is InChI=1S/C10H16N4O3S/c1-3-10(15)13-4-5-14(8-13)18(16,17)9-6-11-12(2)7-9/h6-7H,3-5,8H2,1-2H3. The van der Waals surface area contributed by atoms with Gasteiger partial charge in [0.05, 0.1) is 12.9 Å². The molecular formula is C10H16N4O3S. The van der Waals surface area contributed by atoms with Crippen molar-refractivity contribution >= 4 is 15.9 Å². The smallest absolute Gasteiger partial charge is 0.247 e. The zero-order valence-electron chi connectivity index (χ0n) is 10.4. The van der Waals surface area contributed by atoms with Crippen molar-refractivity contribution < 1.29 is 13.2 Å². The SMILES string of the molecule is CCC(=O)N1CCN(S(=O)(=O)c2cnn(C)c2)C1. The third-order valence-corrected chi connectivity index (χ3v) is 4.71. The summed E-state index contributed by atoms with van der Waals surface area (Å²) >= 11 is 0. The van der Waals surface area contributed by atoms with Crippen LogP contribution in [0.25, 0.3) is 0 Å². The van der Waals surface area contributed by atoms with Crippen LogP contribution in [0.4, 0.5) is 0 Å². The normalized spacial score (nSPS) is 17.3. The molecule has 8 heteroatoms. The van der Waals surface area contributed by atoms with Crippen LogP contribution in [0.15, 0.2) is 17.3 Å². The van der Waals surface area contributed by atoms with Crippen LogP contribution >= 0.6 is 0 Å². The van der Waals surface area contributed by atoms with Gasteiger partial charge < -0.3 is 4.90 Å². The zero-order chi connectivity index (χ0) is 13.3. The van der Waals surface area contributed by atoms with Gasteiger partial charge in [0.25, 0.3) is 0 Å². The van der Waals surface area contributed by atoms with Gasteiger partial charge in [0.2, 0.25) is 15.9 Å². The summed E-state index contributed by atoms with van der Waals surface area (Å²) in [5, 5.41) is 3.85. The van der Waals surface area contributed by atoms with Crippen molar-refractivity contribution in [1.82, 2.24) is 19.0 Å². The minimum absolute atomic E-state index is 0.0288.